The maximum Gasteiger partial charge on any atom is 0.321 e. The predicted octanol–water partition coefficient (Wildman–Crippen LogP) is -1.04. The molecule has 0 saturated heterocycles. The highest BCUT2D eigenvalue weighted by Gasteiger charge is 1.99. The molecule has 6 nitrogen and oxygen atoms in total. The van der Waals surface area contributed by atoms with Crippen molar-refractivity contribution in [2.24, 2.45) is 0 Å². The summed E-state index contributed by atoms with van der Waals surface area (Å²) < 4.78 is 9.19. The Labute approximate surface area is 62.8 Å². The Morgan fingerprint density at radius 2 is 1.45 bits per heavy atom. The van der Waals surface area contributed by atoms with Gasteiger partial charge in [-0.15, -0.1) is 4.98 Å². The monoisotopic (exact) mass is 156 g/mol. The van der Waals surface area contributed by atoms with Crippen LogP contribution >= 0.6 is 0 Å². The summed E-state index contributed by atoms with van der Waals surface area (Å²) in [6.45, 7) is 0. The number of nitrogens with zero attached hydrogens (tertiary/aromatic N) is 3. The number of hydrogen-bond donors (Lipinski definition) is 0. The summed E-state index contributed by atoms with van der Waals surface area (Å²) in [6.07, 6.45) is 0. The maximum atomic E-state index is 10.6. The lowest BCUT2D eigenvalue weighted by Gasteiger charge is -2.05. The fraction of sp³-hybridized carbons (Fsp3) is 0.400. The van der Waals surface area contributed by atoms with Crippen molar-refractivity contribution in [1.82, 2.24) is 15.0 Å². The Morgan fingerprint density at radius 1 is 1.00 bits per heavy atom. The molecule has 0 atom stereocenters. The average Bonchev–Trinajstić information content (AvgIpc) is 2.03. The van der Waals surface area contributed by atoms with E-state index in [1.54, 1.807) is 0 Å². The lowest BCUT2D eigenvalue weighted by molar-refractivity contribution is -0.282. The topological polar surface area (TPSA) is 80.2 Å². The van der Waals surface area contributed by atoms with Gasteiger partial charge in [-0.3, -0.25) is 0 Å². The summed E-state index contributed by atoms with van der Waals surface area (Å²) in [4.78, 5) is 10.2. The molecule has 0 spiro atoms. The minimum absolute atomic E-state index is 0.0400. The highest BCUT2D eigenvalue weighted by atomic mass is 16.5. The van der Waals surface area contributed by atoms with Crippen molar-refractivity contribution in [3.05, 3.63) is 0 Å². The third-order valence-corrected chi connectivity index (χ3v) is 0.939. The van der Waals surface area contributed by atoms with Gasteiger partial charge in [0, 0.05) is 0 Å². The largest absolute Gasteiger partial charge is 0.844 e. The van der Waals surface area contributed by atoms with E-state index in [1.807, 2.05) is 0 Å². The molecule has 0 bridgehead atoms. The second-order valence-electron chi connectivity index (χ2n) is 1.59. The quantitative estimate of drug-likeness (QED) is 0.544. The van der Waals surface area contributed by atoms with Gasteiger partial charge in [-0.05, 0) is 0 Å². The van der Waals surface area contributed by atoms with Gasteiger partial charge in [0.15, 0.2) is 0 Å². The molecule has 1 aromatic rings. The van der Waals surface area contributed by atoms with Gasteiger partial charge in [-0.1, -0.05) is 0 Å². The Kier molecular flexibility index (Phi) is 2.05. The van der Waals surface area contributed by atoms with E-state index < -0.39 is 6.01 Å². The normalized spacial score (nSPS) is 9.27. The van der Waals surface area contributed by atoms with E-state index in [9.17, 15) is 5.11 Å². The van der Waals surface area contributed by atoms with Crippen molar-refractivity contribution in [1.29, 1.82) is 0 Å². The molecule has 0 N–H and O–H groups in total. The Hall–Kier alpha value is -1.59. The zero-order chi connectivity index (χ0) is 8.27. The molecule has 0 aliphatic heterocycles. The SMILES string of the molecule is COc1nc([O-])nc(OC)n1. The van der Waals surface area contributed by atoms with Gasteiger partial charge in [-0.25, -0.2) is 0 Å². The van der Waals surface area contributed by atoms with Gasteiger partial charge >= 0.3 is 12.0 Å². The molecule has 0 saturated carbocycles. The molecule has 11 heavy (non-hydrogen) atoms. The molecule has 0 aliphatic carbocycles. The second-order valence-corrected chi connectivity index (χ2v) is 1.59. The highest BCUT2D eigenvalue weighted by molar-refractivity contribution is 5.06. The third-order valence-electron chi connectivity index (χ3n) is 0.939. The van der Waals surface area contributed by atoms with Crippen LogP contribution in [0.3, 0.4) is 0 Å². The summed E-state index contributed by atoms with van der Waals surface area (Å²) in [5.41, 5.74) is 0. The van der Waals surface area contributed by atoms with Crippen LogP contribution < -0.4 is 14.6 Å². The van der Waals surface area contributed by atoms with Crippen LogP contribution in [-0.4, -0.2) is 29.2 Å². The minimum atomic E-state index is -0.673. The molecular formula is C5H6N3O3-. The molecule has 0 unspecified atom stereocenters. The van der Waals surface area contributed by atoms with Crippen LogP contribution in [0.25, 0.3) is 0 Å². The van der Waals surface area contributed by atoms with Gasteiger partial charge in [0.25, 0.3) is 0 Å². The molecule has 0 amide bonds. The van der Waals surface area contributed by atoms with Crippen LogP contribution in [0.4, 0.5) is 0 Å². The van der Waals surface area contributed by atoms with E-state index in [1.165, 1.54) is 14.2 Å². The first kappa shape index (κ1) is 7.52. The first-order chi connectivity index (χ1) is 5.26. The van der Waals surface area contributed by atoms with Gasteiger partial charge in [0.1, 0.15) is 0 Å². The van der Waals surface area contributed by atoms with Crippen molar-refractivity contribution in [3.63, 3.8) is 0 Å². The zero-order valence-electron chi connectivity index (χ0n) is 6.07. The summed E-state index contributed by atoms with van der Waals surface area (Å²) in [7, 11) is 2.71. The predicted molar refractivity (Wildman–Crippen MR) is 32.4 cm³/mol. The van der Waals surface area contributed by atoms with Crippen LogP contribution in [0, 0.1) is 0 Å². The molecule has 0 aliphatic rings. The van der Waals surface area contributed by atoms with E-state index in [0.29, 0.717) is 0 Å². The van der Waals surface area contributed by atoms with Crippen molar-refractivity contribution >= 4 is 0 Å². The van der Waals surface area contributed by atoms with Gasteiger partial charge in [0.05, 0.1) is 20.2 Å². The van der Waals surface area contributed by atoms with Crippen molar-refractivity contribution in [2.75, 3.05) is 14.2 Å². The molecule has 0 radical (unpaired) electrons. The third kappa shape index (κ3) is 1.66. The van der Waals surface area contributed by atoms with Gasteiger partial charge in [0.2, 0.25) is 0 Å². The number of rotatable bonds is 2. The van der Waals surface area contributed by atoms with E-state index in [0.717, 1.165) is 0 Å². The van der Waals surface area contributed by atoms with Crippen LogP contribution in [-0.2, 0) is 0 Å². The Bertz CT molecular complexity index is 230. The molecule has 6 heteroatoms. The first-order valence-electron chi connectivity index (χ1n) is 2.77. The first-order valence-corrected chi connectivity index (χ1v) is 2.77. The molecule has 1 aromatic heterocycles. The summed E-state index contributed by atoms with van der Waals surface area (Å²) in [5, 5.41) is 10.6. The number of methoxy groups -OCH3 is 2. The summed E-state index contributed by atoms with van der Waals surface area (Å²) >= 11 is 0. The van der Waals surface area contributed by atoms with Crippen molar-refractivity contribution < 1.29 is 14.6 Å². The molecule has 0 aromatic carbocycles. The Balaban J connectivity index is 3.02. The number of ether oxygens (including phenoxy) is 2. The highest BCUT2D eigenvalue weighted by Crippen LogP contribution is 2.09. The maximum absolute atomic E-state index is 10.6. The second kappa shape index (κ2) is 3.00. The van der Waals surface area contributed by atoms with E-state index >= 15 is 0 Å². The van der Waals surface area contributed by atoms with Crippen LogP contribution in [0.1, 0.15) is 0 Å². The summed E-state index contributed by atoms with van der Waals surface area (Å²) in [6, 6.07) is -0.752. The average molecular weight is 156 g/mol. The van der Waals surface area contributed by atoms with Crippen LogP contribution in [0.15, 0.2) is 0 Å². The molecule has 1 heterocycles. The lowest BCUT2D eigenvalue weighted by Crippen LogP contribution is -2.04. The van der Waals surface area contributed by atoms with Crippen LogP contribution in [0.5, 0.6) is 18.0 Å². The standard InChI is InChI=1S/C5H7N3O3/c1-10-4-6-3(9)7-5(8-4)11-2/h1-2H3,(H,6,7,8,9)/p-1. The smallest absolute Gasteiger partial charge is 0.321 e. The fourth-order valence-electron chi connectivity index (χ4n) is 0.503. The zero-order valence-corrected chi connectivity index (χ0v) is 6.07. The lowest BCUT2D eigenvalue weighted by atomic mass is 10.9. The van der Waals surface area contributed by atoms with E-state index in [-0.39, 0.29) is 12.0 Å². The Morgan fingerprint density at radius 3 is 1.82 bits per heavy atom. The van der Waals surface area contributed by atoms with Crippen LogP contribution in [0.2, 0.25) is 0 Å². The van der Waals surface area contributed by atoms with Gasteiger partial charge < -0.3 is 14.6 Å². The van der Waals surface area contributed by atoms with E-state index in [2.05, 4.69) is 24.4 Å². The number of hydrogen-bond acceptors (Lipinski definition) is 6. The van der Waals surface area contributed by atoms with Crippen molar-refractivity contribution in [2.45, 2.75) is 0 Å². The number of aromatic nitrogens is 3. The molecule has 60 valence electrons. The molecule has 0 fully saturated rings. The van der Waals surface area contributed by atoms with Crippen molar-refractivity contribution in [3.8, 4) is 18.0 Å². The van der Waals surface area contributed by atoms with Gasteiger partial charge in [-0.2, -0.15) is 9.97 Å². The van der Waals surface area contributed by atoms with E-state index in [4.69, 9.17) is 0 Å². The fourth-order valence-corrected chi connectivity index (χ4v) is 0.503. The minimum Gasteiger partial charge on any atom is -0.844 e. The summed E-state index contributed by atoms with van der Waals surface area (Å²) in [5.74, 6) is 0. The molecular weight excluding hydrogens is 150 g/mol. The molecule has 1 rings (SSSR count).